The van der Waals surface area contributed by atoms with Crippen LogP contribution in [-0.4, -0.2) is 11.8 Å². The zero-order valence-electron chi connectivity index (χ0n) is 3.48. The van der Waals surface area contributed by atoms with Crippen LogP contribution < -0.4 is 0 Å². The molecular weight excluding hydrogens is 115 g/mol. The van der Waals surface area contributed by atoms with E-state index in [0.717, 1.165) is 0 Å². The van der Waals surface area contributed by atoms with Gasteiger partial charge in [-0.25, -0.2) is 4.79 Å². The van der Waals surface area contributed by atoms with Crippen molar-refractivity contribution in [3.8, 4) is 12.5 Å². The maximum absolute atomic E-state index is 9.92. The Hall–Kier alpha value is -0.680. The van der Waals surface area contributed by atoms with Crippen LogP contribution >= 0.6 is 11.6 Å². The monoisotopic (exact) mass is 118 g/mol. The van der Waals surface area contributed by atoms with E-state index in [0.29, 0.717) is 0 Å². The fourth-order valence-electron chi connectivity index (χ4n) is 0.0930. The van der Waals surface area contributed by atoms with Crippen LogP contribution in [0, 0.1) is 12.5 Å². The quantitative estimate of drug-likeness (QED) is 0.282. The summed E-state index contributed by atoms with van der Waals surface area (Å²) in [7, 11) is 0. The summed E-state index contributed by atoms with van der Waals surface area (Å²) in [5, 5.41) is 0. The maximum Gasteiger partial charge on any atom is 0.334 e. The predicted octanol–water partition coefficient (Wildman–Crippen LogP) is 0.359. The molecule has 0 aromatic heterocycles. The van der Waals surface area contributed by atoms with E-state index in [9.17, 15) is 4.79 Å². The van der Waals surface area contributed by atoms with Gasteiger partial charge >= 0.3 is 5.97 Å². The molecule has 7 heavy (non-hydrogen) atoms. The highest BCUT2D eigenvalue weighted by Crippen LogP contribution is 1.77. The van der Waals surface area contributed by atoms with E-state index in [4.69, 9.17) is 11.6 Å². The van der Waals surface area contributed by atoms with Gasteiger partial charge in [0, 0.05) is 0 Å². The first-order chi connectivity index (χ1) is 3.31. The highest BCUT2D eigenvalue weighted by molar-refractivity contribution is 6.26. The lowest BCUT2D eigenvalue weighted by Gasteiger charge is -1.83. The van der Waals surface area contributed by atoms with Gasteiger partial charge in [0.15, 0.2) is 0 Å². The molecule has 0 atom stereocenters. The van der Waals surface area contributed by atoms with Gasteiger partial charge in [0.1, 0.15) is 12.0 Å². The van der Waals surface area contributed by atoms with Crippen molar-refractivity contribution in [3.05, 3.63) is 0 Å². The molecule has 0 fully saturated rings. The highest BCUT2D eigenvalue weighted by Gasteiger charge is 1.92. The molecule has 38 valence electrons. The summed E-state index contributed by atoms with van der Waals surface area (Å²) in [4.78, 5) is 9.92. The van der Waals surface area contributed by atoms with Crippen molar-refractivity contribution in [2.24, 2.45) is 0 Å². The third-order valence-corrected chi connectivity index (χ3v) is 0.500. The van der Waals surface area contributed by atoms with Gasteiger partial charge in [0.25, 0.3) is 0 Å². The second-order valence-electron chi connectivity index (χ2n) is 0.726. The average molecular weight is 119 g/mol. The molecule has 0 aliphatic rings. The van der Waals surface area contributed by atoms with E-state index >= 15 is 0 Å². The van der Waals surface area contributed by atoms with E-state index in [1.807, 2.05) is 0 Å². The van der Waals surface area contributed by atoms with Crippen LogP contribution in [0.1, 0.15) is 0 Å². The minimum absolute atomic E-state index is 0.190. The Morgan fingerprint density at radius 2 is 2.57 bits per heavy atom. The van der Waals surface area contributed by atoms with Crippen molar-refractivity contribution in [3.63, 3.8) is 0 Å². The summed E-state index contributed by atoms with van der Waals surface area (Å²) in [5.41, 5.74) is 0. The summed E-state index contributed by atoms with van der Waals surface area (Å²) < 4.78 is 3.95. The first kappa shape index (κ1) is 6.32. The molecular formula is C4H3ClO2. The van der Waals surface area contributed by atoms with Gasteiger partial charge in [-0.05, 0) is 0 Å². The Morgan fingerprint density at radius 3 is 2.71 bits per heavy atom. The standard InChI is InChI=1S/C4H3ClO2/c1-2-7-4(6)3-5/h1H,3H2. The molecule has 0 rings (SSSR count). The molecule has 0 saturated heterocycles. The number of rotatable bonds is 1. The second-order valence-corrected chi connectivity index (χ2v) is 0.993. The predicted molar refractivity (Wildman–Crippen MR) is 25.6 cm³/mol. The largest absolute Gasteiger partial charge is 0.372 e. The number of alkyl halides is 1. The van der Waals surface area contributed by atoms with Crippen LogP contribution in [0.3, 0.4) is 0 Å². The molecule has 0 unspecified atom stereocenters. The van der Waals surface area contributed by atoms with E-state index < -0.39 is 5.97 Å². The molecule has 0 radical (unpaired) electrons. The highest BCUT2D eigenvalue weighted by atomic mass is 35.5. The number of hydrogen-bond acceptors (Lipinski definition) is 2. The Kier molecular flexibility index (Phi) is 3.17. The van der Waals surface area contributed by atoms with E-state index in [2.05, 4.69) is 11.2 Å². The number of hydrogen-bond donors (Lipinski definition) is 0. The first-order valence-corrected chi connectivity index (χ1v) is 2.06. The van der Waals surface area contributed by atoms with Gasteiger partial charge in [0.2, 0.25) is 0 Å². The number of esters is 1. The normalized spacial score (nSPS) is 6.86. The fraction of sp³-hybridized carbons (Fsp3) is 0.250. The van der Waals surface area contributed by atoms with Crippen molar-refractivity contribution < 1.29 is 9.53 Å². The van der Waals surface area contributed by atoms with Gasteiger partial charge in [-0.3, -0.25) is 0 Å². The number of halogens is 1. The SMILES string of the molecule is C#COC(=O)CCl. The van der Waals surface area contributed by atoms with E-state index in [1.165, 1.54) is 0 Å². The molecule has 0 aromatic rings. The van der Waals surface area contributed by atoms with Crippen LogP contribution in [0.15, 0.2) is 0 Å². The zero-order chi connectivity index (χ0) is 5.70. The number of carbonyl (C=O) groups excluding carboxylic acids is 1. The molecule has 0 bridgehead atoms. The van der Waals surface area contributed by atoms with Crippen molar-refractivity contribution in [1.29, 1.82) is 0 Å². The summed E-state index contributed by atoms with van der Waals surface area (Å²) in [6.45, 7) is 0. The van der Waals surface area contributed by atoms with Gasteiger partial charge in [-0.2, -0.15) is 0 Å². The Morgan fingerprint density at radius 1 is 2.00 bits per heavy atom. The van der Waals surface area contributed by atoms with Crippen molar-refractivity contribution in [2.75, 3.05) is 5.88 Å². The molecule has 0 aliphatic heterocycles. The lowest BCUT2D eigenvalue weighted by molar-refractivity contribution is -0.133. The number of terminal acetylenes is 1. The lowest BCUT2D eigenvalue weighted by Crippen LogP contribution is -1.99. The molecule has 0 heterocycles. The first-order valence-electron chi connectivity index (χ1n) is 1.52. The van der Waals surface area contributed by atoms with E-state index in [-0.39, 0.29) is 5.88 Å². The van der Waals surface area contributed by atoms with Gasteiger partial charge in [-0.15, -0.1) is 11.6 Å². The fourth-order valence-corrected chi connectivity index (χ4v) is 0.148. The zero-order valence-corrected chi connectivity index (χ0v) is 4.23. The smallest absolute Gasteiger partial charge is 0.334 e. The topological polar surface area (TPSA) is 26.3 Å². The Balaban J connectivity index is 3.23. The van der Waals surface area contributed by atoms with E-state index in [1.54, 1.807) is 6.11 Å². The second kappa shape index (κ2) is 3.51. The third kappa shape index (κ3) is 3.14. The van der Waals surface area contributed by atoms with Crippen molar-refractivity contribution >= 4 is 17.6 Å². The van der Waals surface area contributed by atoms with Crippen LogP contribution in [0.2, 0.25) is 0 Å². The van der Waals surface area contributed by atoms with Crippen LogP contribution in [0.4, 0.5) is 0 Å². The van der Waals surface area contributed by atoms with Crippen LogP contribution in [0.25, 0.3) is 0 Å². The van der Waals surface area contributed by atoms with Crippen LogP contribution in [0.5, 0.6) is 0 Å². The van der Waals surface area contributed by atoms with Gasteiger partial charge in [0.05, 0.1) is 0 Å². The number of ether oxygens (including phenoxy) is 1. The Bertz CT molecular complexity index is 103. The Labute approximate surface area is 46.4 Å². The maximum atomic E-state index is 9.92. The molecule has 0 aromatic carbocycles. The molecule has 3 heteroatoms. The minimum atomic E-state index is -0.593. The molecule has 0 aliphatic carbocycles. The summed E-state index contributed by atoms with van der Waals surface area (Å²) in [6.07, 6.45) is 6.24. The van der Waals surface area contributed by atoms with Gasteiger partial charge in [-0.1, -0.05) is 6.42 Å². The lowest BCUT2D eigenvalue weighted by atomic mass is 10.8. The van der Waals surface area contributed by atoms with Crippen LogP contribution in [-0.2, 0) is 9.53 Å². The van der Waals surface area contributed by atoms with Gasteiger partial charge < -0.3 is 4.74 Å². The summed E-state index contributed by atoms with van der Waals surface area (Å²) in [5.74, 6) is -0.784. The molecule has 0 spiro atoms. The molecule has 0 N–H and O–H groups in total. The third-order valence-electron chi connectivity index (χ3n) is 0.282. The van der Waals surface area contributed by atoms with Crippen molar-refractivity contribution in [1.82, 2.24) is 0 Å². The number of carbonyl (C=O) groups is 1. The molecule has 0 amide bonds. The average Bonchev–Trinajstić information content (AvgIpc) is 1.68. The summed E-state index contributed by atoms with van der Waals surface area (Å²) in [6, 6.07) is 0. The minimum Gasteiger partial charge on any atom is -0.372 e. The molecule has 2 nitrogen and oxygen atoms in total. The van der Waals surface area contributed by atoms with Crippen molar-refractivity contribution in [2.45, 2.75) is 0 Å². The summed E-state index contributed by atoms with van der Waals surface area (Å²) >= 11 is 4.96. The molecule has 0 saturated carbocycles.